The van der Waals surface area contributed by atoms with Crippen molar-refractivity contribution in [1.29, 1.82) is 0 Å². The van der Waals surface area contributed by atoms with Crippen LogP contribution < -0.4 is 5.73 Å². The Hall–Kier alpha value is -1.01. The van der Waals surface area contributed by atoms with Gasteiger partial charge in [0.15, 0.2) is 0 Å². The lowest BCUT2D eigenvalue weighted by atomic mass is 9.93. The summed E-state index contributed by atoms with van der Waals surface area (Å²) in [5.74, 6) is 0.0372. The van der Waals surface area contributed by atoms with E-state index in [2.05, 4.69) is 30.4 Å². The normalized spacial score (nSPS) is 11.6. The van der Waals surface area contributed by atoms with Gasteiger partial charge in [-0.05, 0) is 36.3 Å². The van der Waals surface area contributed by atoms with E-state index in [1.54, 1.807) is 0 Å². The van der Waals surface area contributed by atoms with Crippen LogP contribution in [0.4, 0.5) is 0 Å². The molecule has 0 aliphatic rings. The zero-order chi connectivity index (χ0) is 14.5. The molecule has 1 amide bonds. The van der Waals surface area contributed by atoms with Crippen LogP contribution in [0.5, 0.6) is 0 Å². The molecular weight excluding hydrogens is 260 g/mol. The number of aromatic nitrogens is 2. The van der Waals surface area contributed by atoms with E-state index < -0.39 is 0 Å². The quantitative estimate of drug-likeness (QED) is 0.830. The zero-order valence-electron chi connectivity index (χ0n) is 12.3. The molecule has 0 unspecified atom stereocenters. The van der Waals surface area contributed by atoms with Crippen LogP contribution in [-0.4, -0.2) is 40.0 Å². The zero-order valence-corrected chi connectivity index (χ0v) is 13.1. The van der Waals surface area contributed by atoms with E-state index >= 15 is 0 Å². The van der Waals surface area contributed by atoms with Crippen molar-refractivity contribution in [3.63, 3.8) is 0 Å². The molecular formula is C13H24N4OS. The summed E-state index contributed by atoms with van der Waals surface area (Å²) < 4.78 is 3.89. The number of hydrogen-bond acceptors (Lipinski definition) is 5. The third-order valence-electron chi connectivity index (χ3n) is 3.04. The molecule has 5 nitrogen and oxygen atoms in total. The summed E-state index contributed by atoms with van der Waals surface area (Å²) in [5.41, 5.74) is 6.48. The first kappa shape index (κ1) is 16.0. The lowest BCUT2D eigenvalue weighted by Gasteiger charge is -2.31. The van der Waals surface area contributed by atoms with Crippen molar-refractivity contribution in [2.75, 3.05) is 19.6 Å². The molecule has 0 aliphatic carbocycles. The molecule has 108 valence electrons. The summed E-state index contributed by atoms with van der Waals surface area (Å²) in [6, 6.07) is 0. The first-order valence-electron chi connectivity index (χ1n) is 6.75. The minimum Gasteiger partial charge on any atom is -0.337 e. The van der Waals surface area contributed by atoms with Crippen molar-refractivity contribution >= 4 is 17.4 Å². The Morgan fingerprint density at radius 1 is 1.42 bits per heavy atom. The minimum atomic E-state index is -0.0741. The van der Waals surface area contributed by atoms with Gasteiger partial charge in [0.2, 0.25) is 0 Å². The van der Waals surface area contributed by atoms with Crippen LogP contribution in [0, 0.1) is 5.41 Å². The molecule has 1 aromatic rings. The summed E-state index contributed by atoms with van der Waals surface area (Å²) in [7, 11) is 0. The lowest BCUT2D eigenvalue weighted by molar-refractivity contribution is 0.0693. The molecule has 0 atom stereocenters. The van der Waals surface area contributed by atoms with Crippen LogP contribution in [0.2, 0.25) is 0 Å². The second kappa shape index (κ2) is 6.96. The van der Waals surface area contributed by atoms with E-state index in [1.165, 1.54) is 11.5 Å². The summed E-state index contributed by atoms with van der Waals surface area (Å²) in [6.07, 6.45) is 1.66. The maximum Gasteiger partial charge on any atom is 0.267 e. The van der Waals surface area contributed by atoms with Gasteiger partial charge in [0.1, 0.15) is 4.88 Å². The first-order valence-corrected chi connectivity index (χ1v) is 7.53. The Balaban J connectivity index is 2.90. The third-order valence-corrected chi connectivity index (χ3v) is 3.79. The number of nitrogens with zero attached hydrogens (tertiary/aromatic N) is 3. The second-order valence-corrected chi connectivity index (χ2v) is 6.25. The molecule has 0 radical (unpaired) electrons. The van der Waals surface area contributed by atoms with Gasteiger partial charge in [-0.1, -0.05) is 32.2 Å². The fraction of sp³-hybridized carbons (Fsp3) is 0.769. The van der Waals surface area contributed by atoms with Crippen LogP contribution in [0.3, 0.4) is 0 Å². The molecule has 1 rings (SSSR count). The standard InChI is InChI=1S/C13H24N4OS/c1-5-7-17(9-13(3,4)8-14)12(18)11-10(6-2)15-16-19-11/h5-9,14H2,1-4H3. The maximum absolute atomic E-state index is 12.6. The highest BCUT2D eigenvalue weighted by molar-refractivity contribution is 7.08. The summed E-state index contributed by atoms with van der Waals surface area (Å²) in [6.45, 7) is 10.2. The van der Waals surface area contributed by atoms with Crippen molar-refractivity contribution < 1.29 is 4.79 Å². The molecule has 0 bridgehead atoms. The minimum absolute atomic E-state index is 0.0372. The molecule has 1 heterocycles. The van der Waals surface area contributed by atoms with Gasteiger partial charge in [-0.3, -0.25) is 4.79 Å². The predicted octanol–water partition coefficient (Wildman–Crippen LogP) is 1.94. The molecule has 1 aromatic heterocycles. The van der Waals surface area contributed by atoms with Crippen LogP contribution in [0.1, 0.15) is 49.5 Å². The molecule has 0 aliphatic heterocycles. The average molecular weight is 284 g/mol. The van der Waals surface area contributed by atoms with Crippen molar-refractivity contribution in [3.05, 3.63) is 10.6 Å². The SMILES string of the molecule is CCCN(CC(C)(C)CN)C(=O)c1snnc1CC. The monoisotopic (exact) mass is 284 g/mol. The van der Waals surface area contributed by atoms with Gasteiger partial charge in [0.05, 0.1) is 5.69 Å². The van der Waals surface area contributed by atoms with E-state index in [0.717, 1.165) is 25.1 Å². The highest BCUT2D eigenvalue weighted by Crippen LogP contribution is 2.20. The number of amides is 1. The van der Waals surface area contributed by atoms with E-state index in [0.29, 0.717) is 18.0 Å². The highest BCUT2D eigenvalue weighted by atomic mass is 32.1. The Labute approximate surface area is 119 Å². The number of carbonyl (C=O) groups excluding carboxylic acids is 1. The van der Waals surface area contributed by atoms with Crippen molar-refractivity contribution in [2.24, 2.45) is 11.1 Å². The molecule has 0 fully saturated rings. The highest BCUT2D eigenvalue weighted by Gasteiger charge is 2.26. The number of aryl methyl sites for hydroxylation is 1. The van der Waals surface area contributed by atoms with Crippen molar-refractivity contribution in [3.8, 4) is 0 Å². The number of hydrogen-bond donors (Lipinski definition) is 1. The summed E-state index contributed by atoms with van der Waals surface area (Å²) >= 11 is 1.19. The van der Waals surface area contributed by atoms with Crippen molar-refractivity contribution in [2.45, 2.75) is 40.5 Å². The van der Waals surface area contributed by atoms with Gasteiger partial charge in [0.25, 0.3) is 5.91 Å². The molecule has 6 heteroatoms. The fourth-order valence-corrected chi connectivity index (χ4v) is 2.57. The molecule has 0 saturated carbocycles. The molecule has 0 spiro atoms. The lowest BCUT2D eigenvalue weighted by Crippen LogP contribution is -2.42. The summed E-state index contributed by atoms with van der Waals surface area (Å²) in [4.78, 5) is 15.1. The number of rotatable bonds is 7. The Morgan fingerprint density at radius 2 is 2.11 bits per heavy atom. The van der Waals surface area contributed by atoms with Crippen LogP contribution in [-0.2, 0) is 6.42 Å². The van der Waals surface area contributed by atoms with Gasteiger partial charge in [-0.2, -0.15) is 0 Å². The van der Waals surface area contributed by atoms with E-state index in [-0.39, 0.29) is 11.3 Å². The average Bonchev–Trinajstić information content (AvgIpc) is 2.85. The summed E-state index contributed by atoms with van der Waals surface area (Å²) in [5, 5.41) is 4.01. The smallest absolute Gasteiger partial charge is 0.267 e. The van der Waals surface area contributed by atoms with E-state index in [1.807, 2.05) is 11.8 Å². The molecule has 0 saturated heterocycles. The maximum atomic E-state index is 12.6. The predicted molar refractivity (Wildman–Crippen MR) is 78.3 cm³/mol. The fourth-order valence-electron chi connectivity index (χ4n) is 1.85. The Morgan fingerprint density at radius 3 is 2.63 bits per heavy atom. The van der Waals surface area contributed by atoms with Gasteiger partial charge in [0, 0.05) is 13.1 Å². The molecule has 19 heavy (non-hydrogen) atoms. The van der Waals surface area contributed by atoms with Gasteiger partial charge >= 0.3 is 0 Å². The molecule has 0 aromatic carbocycles. The van der Waals surface area contributed by atoms with Gasteiger partial charge in [-0.25, -0.2) is 0 Å². The Kier molecular flexibility index (Phi) is 5.87. The van der Waals surface area contributed by atoms with E-state index in [9.17, 15) is 4.79 Å². The van der Waals surface area contributed by atoms with Crippen molar-refractivity contribution in [1.82, 2.24) is 14.5 Å². The molecule has 2 N–H and O–H groups in total. The number of carbonyl (C=O) groups is 1. The first-order chi connectivity index (χ1) is 8.95. The van der Waals surface area contributed by atoms with E-state index in [4.69, 9.17) is 5.73 Å². The second-order valence-electron chi connectivity index (χ2n) is 5.50. The van der Waals surface area contributed by atoms with Crippen LogP contribution in [0.25, 0.3) is 0 Å². The Bertz CT molecular complexity index is 417. The van der Waals surface area contributed by atoms with Crippen LogP contribution in [0.15, 0.2) is 0 Å². The number of nitrogens with two attached hydrogens (primary N) is 1. The largest absolute Gasteiger partial charge is 0.337 e. The topological polar surface area (TPSA) is 72.1 Å². The van der Waals surface area contributed by atoms with Crippen LogP contribution >= 0.6 is 11.5 Å². The third kappa shape index (κ3) is 4.24. The van der Waals surface area contributed by atoms with Gasteiger partial charge in [-0.15, -0.1) is 5.10 Å². The van der Waals surface area contributed by atoms with Gasteiger partial charge < -0.3 is 10.6 Å².